The van der Waals surface area contributed by atoms with Crippen molar-refractivity contribution in [2.45, 2.75) is 80.1 Å². The first-order chi connectivity index (χ1) is 42.5. The summed E-state index contributed by atoms with van der Waals surface area (Å²) in [6, 6.07) is 96.1. The Bertz CT molecular complexity index is 4830. The Morgan fingerprint density at radius 1 is 0.216 bits per heavy atom. The topological polar surface area (TPSA) is 9.86 Å². The van der Waals surface area contributed by atoms with Crippen molar-refractivity contribution < 1.29 is 0 Å². The Labute approximate surface area is 517 Å². The minimum Gasteiger partial charge on any atom is -0.309 e. The average molecular weight is 1130 g/mol. The Balaban J connectivity index is 0.749. The van der Waals surface area contributed by atoms with E-state index in [9.17, 15) is 0 Å². The summed E-state index contributed by atoms with van der Waals surface area (Å²) in [6.07, 6.45) is 0. The maximum Gasteiger partial charge on any atom is 0.0541 e. The van der Waals surface area contributed by atoms with E-state index < -0.39 is 0 Å². The van der Waals surface area contributed by atoms with Crippen molar-refractivity contribution in [3.05, 3.63) is 288 Å². The quantitative estimate of drug-likeness (QED) is 0.134. The van der Waals surface area contributed by atoms with Gasteiger partial charge in [-0.05, 0) is 233 Å². The molecular formula is C86H72N2. The molecule has 0 fully saturated rings. The molecule has 0 aliphatic rings. The van der Waals surface area contributed by atoms with Crippen molar-refractivity contribution in [1.29, 1.82) is 0 Å². The van der Waals surface area contributed by atoms with Crippen LogP contribution >= 0.6 is 0 Å². The standard InChI is InChI=1S/C86H72N2/c1-53-45-75-76(46-54(53)2)84(64-35-31-60(32-36-64)58-23-27-62(28-24-58)66-38-42-80-72(50-66)74-52-68(86(8,9)10)40-44-82(74)88(80)70-19-15-12-16-20-70)78-48-56(4)55(3)47-77(78)83(75)63-33-29-59(30-34-63)57-21-25-61(26-22-57)65-37-41-79-71(49-65)73-51-67(85(5,6)7)39-43-81(73)87(79)69-17-13-11-14-18-69/h11-52H,1-10H3. The van der Waals surface area contributed by atoms with Crippen molar-refractivity contribution in [1.82, 2.24) is 9.13 Å². The molecule has 0 amide bonds. The first-order valence-electron chi connectivity index (χ1n) is 31.2. The molecule has 0 atom stereocenters. The molecule has 0 saturated carbocycles. The van der Waals surface area contributed by atoms with E-state index in [4.69, 9.17) is 0 Å². The minimum atomic E-state index is 0.0427. The van der Waals surface area contributed by atoms with Crippen LogP contribution in [0.25, 0.3) is 143 Å². The smallest absolute Gasteiger partial charge is 0.0541 e. The highest BCUT2D eigenvalue weighted by atomic mass is 15.0. The number of nitrogens with zero attached hydrogens (tertiary/aromatic N) is 2. The molecule has 426 valence electrons. The molecule has 0 aliphatic carbocycles. The Morgan fingerprint density at radius 3 is 0.739 bits per heavy atom. The number of hydrogen-bond donors (Lipinski definition) is 0. The summed E-state index contributed by atoms with van der Waals surface area (Å²) < 4.78 is 4.82. The summed E-state index contributed by atoms with van der Waals surface area (Å²) in [7, 11) is 0. The monoisotopic (exact) mass is 1130 g/mol. The lowest BCUT2D eigenvalue weighted by atomic mass is 9.83. The molecule has 13 aromatic carbocycles. The van der Waals surface area contributed by atoms with Gasteiger partial charge in [-0.3, -0.25) is 0 Å². The van der Waals surface area contributed by atoms with Crippen molar-refractivity contribution >= 4 is 65.2 Å². The van der Waals surface area contributed by atoms with Gasteiger partial charge in [0.15, 0.2) is 0 Å². The van der Waals surface area contributed by atoms with Crippen LogP contribution in [0.15, 0.2) is 255 Å². The zero-order valence-electron chi connectivity index (χ0n) is 52.1. The van der Waals surface area contributed by atoms with Gasteiger partial charge in [-0.2, -0.15) is 0 Å². The van der Waals surface area contributed by atoms with Gasteiger partial charge in [0, 0.05) is 32.9 Å². The van der Waals surface area contributed by atoms with Gasteiger partial charge in [0.05, 0.1) is 22.1 Å². The van der Waals surface area contributed by atoms with Crippen LogP contribution in [-0.2, 0) is 10.8 Å². The second-order valence-electron chi connectivity index (χ2n) is 26.8. The van der Waals surface area contributed by atoms with Gasteiger partial charge in [0.1, 0.15) is 0 Å². The van der Waals surface area contributed by atoms with Crippen LogP contribution in [0.4, 0.5) is 0 Å². The summed E-state index contributed by atoms with van der Waals surface area (Å²) in [6.45, 7) is 22.8. The highest BCUT2D eigenvalue weighted by Crippen LogP contribution is 2.47. The van der Waals surface area contributed by atoms with E-state index in [0.717, 1.165) is 0 Å². The van der Waals surface area contributed by atoms with Gasteiger partial charge < -0.3 is 9.13 Å². The van der Waals surface area contributed by atoms with Crippen LogP contribution in [0.2, 0.25) is 0 Å². The van der Waals surface area contributed by atoms with E-state index in [-0.39, 0.29) is 10.8 Å². The van der Waals surface area contributed by atoms with Gasteiger partial charge in [-0.15, -0.1) is 0 Å². The van der Waals surface area contributed by atoms with Gasteiger partial charge in [-0.25, -0.2) is 0 Å². The van der Waals surface area contributed by atoms with Gasteiger partial charge in [-0.1, -0.05) is 224 Å². The van der Waals surface area contributed by atoms with Crippen LogP contribution in [-0.4, -0.2) is 9.13 Å². The number of fused-ring (bicyclic) bond motifs is 8. The number of aromatic nitrogens is 2. The highest BCUT2D eigenvalue weighted by molar-refractivity contribution is 6.22. The van der Waals surface area contributed by atoms with E-state index in [1.807, 2.05) is 0 Å². The first-order valence-corrected chi connectivity index (χ1v) is 31.2. The molecule has 2 heteroatoms. The highest BCUT2D eigenvalue weighted by Gasteiger charge is 2.23. The van der Waals surface area contributed by atoms with E-state index >= 15 is 0 Å². The zero-order chi connectivity index (χ0) is 60.3. The predicted molar refractivity (Wildman–Crippen MR) is 379 cm³/mol. The lowest BCUT2D eigenvalue weighted by Crippen LogP contribution is -2.10. The molecule has 0 N–H and O–H groups in total. The number of aryl methyl sites for hydroxylation is 4. The maximum atomic E-state index is 2.43. The third-order valence-electron chi connectivity index (χ3n) is 19.1. The molecule has 0 saturated heterocycles. The molecule has 2 aromatic heterocycles. The fourth-order valence-corrected chi connectivity index (χ4v) is 13.8. The number of rotatable bonds is 8. The predicted octanol–water partition coefficient (Wildman–Crippen LogP) is 24.0. The Kier molecular flexibility index (Phi) is 12.9. The van der Waals surface area contributed by atoms with Crippen molar-refractivity contribution in [2.75, 3.05) is 0 Å². The second-order valence-corrected chi connectivity index (χ2v) is 26.8. The van der Waals surface area contributed by atoms with E-state index in [1.165, 1.54) is 177 Å². The van der Waals surface area contributed by atoms with Crippen LogP contribution in [0.3, 0.4) is 0 Å². The Hall–Kier alpha value is -10.0. The largest absolute Gasteiger partial charge is 0.309 e. The van der Waals surface area contributed by atoms with Gasteiger partial charge in [0.25, 0.3) is 0 Å². The van der Waals surface area contributed by atoms with Crippen LogP contribution in [0, 0.1) is 27.7 Å². The first kappa shape index (κ1) is 54.6. The average Bonchev–Trinajstić information content (AvgIpc) is 1.20. The summed E-state index contributed by atoms with van der Waals surface area (Å²) in [5.41, 5.74) is 29.8. The number of para-hydroxylation sites is 2. The molecule has 0 bridgehead atoms. The van der Waals surface area contributed by atoms with E-state index in [0.29, 0.717) is 0 Å². The normalized spacial score (nSPS) is 12.2. The minimum absolute atomic E-state index is 0.0427. The Morgan fingerprint density at radius 2 is 0.455 bits per heavy atom. The van der Waals surface area contributed by atoms with Crippen molar-refractivity contribution in [2.24, 2.45) is 0 Å². The molecule has 0 aliphatic heterocycles. The SMILES string of the molecule is Cc1cc2c(-c3ccc(-c4ccc(-c5ccc6c(c5)c5cc(C(C)(C)C)ccc5n6-c5ccccc5)cc4)cc3)c3cc(C)c(C)cc3c(-c3ccc(-c4ccc(-c5ccc6c(c5)c5cc(C(C)(C)C)ccc5n6-c5ccccc5)cc4)cc3)c2cc1C. The molecule has 2 heterocycles. The summed E-state index contributed by atoms with van der Waals surface area (Å²) in [5, 5.41) is 10.2. The molecular weight excluding hydrogens is 1060 g/mol. The molecule has 0 spiro atoms. The summed E-state index contributed by atoms with van der Waals surface area (Å²) in [4.78, 5) is 0. The van der Waals surface area contributed by atoms with E-state index in [1.54, 1.807) is 0 Å². The molecule has 0 radical (unpaired) electrons. The summed E-state index contributed by atoms with van der Waals surface area (Å²) >= 11 is 0. The molecule has 15 aromatic rings. The maximum absolute atomic E-state index is 2.43. The van der Waals surface area contributed by atoms with Crippen LogP contribution < -0.4 is 0 Å². The number of hydrogen-bond acceptors (Lipinski definition) is 0. The summed E-state index contributed by atoms with van der Waals surface area (Å²) in [5.74, 6) is 0. The van der Waals surface area contributed by atoms with Gasteiger partial charge in [0.2, 0.25) is 0 Å². The van der Waals surface area contributed by atoms with Crippen LogP contribution in [0.1, 0.15) is 74.9 Å². The lowest BCUT2D eigenvalue weighted by Gasteiger charge is -2.21. The molecule has 2 nitrogen and oxygen atoms in total. The zero-order valence-corrected chi connectivity index (χ0v) is 52.1. The van der Waals surface area contributed by atoms with E-state index in [2.05, 4.69) is 333 Å². The van der Waals surface area contributed by atoms with Crippen molar-refractivity contribution in [3.8, 4) is 78.1 Å². The molecule has 88 heavy (non-hydrogen) atoms. The van der Waals surface area contributed by atoms with Crippen LogP contribution in [0.5, 0.6) is 0 Å². The van der Waals surface area contributed by atoms with Crippen molar-refractivity contribution in [3.63, 3.8) is 0 Å². The second kappa shape index (κ2) is 20.9. The van der Waals surface area contributed by atoms with Gasteiger partial charge >= 0.3 is 0 Å². The fourth-order valence-electron chi connectivity index (χ4n) is 13.8. The molecule has 15 rings (SSSR count). The third-order valence-corrected chi connectivity index (χ3v) is 19.1. The third kappa shape index (κ3) is 9.33. The fraction of sp³-hybridized carbons (Fsp3) is 0.140. The molecule has 0 unspecified atom stereocenters. The number of benzene rings is 13. The lowest BCUT2D eigenvalue weighted by molar-refractivity contribution is 0.591.